The van der Waals surface area contributed by atoms with E-state index in [2.05, 4.69) is 26.1 Å². The predicted octanol–water partition coefficient (Wildman–Crippen LogP) is 3.41. The molecule has 1 aromatic rings. The topological polar surface area (TPSA) is 39.7 Å². The Morgan fingerprint density at radius 1 is 0.950 bits per heavy atom. The van der Waals surface area contributed by atoms with E-state index >= 15 is 0 Å². The minimum absolute atomic E-state index is 0.238. The number of hydrogen-bond acceptors (Lipinski definition) is 4. The van der Waals surface area contributed by atoms with E-state index in [4.69, 9.17) is 14.2 Å². The van der Waals surface area contributed by atoms with Gasteiger partial charge >= 0.3 is 0 Å². The highest BCUT2D eigenvalue weighted by Crippen LogP contribution is 2.39. The van der Waals surface area contributed by atoms with Gasteiger partial charge in [-0.1, -0.05) is 13.8 Å². The molecule has 0 saturated carbocycles. The summed E-state index contributed by atoms with van der Waals surface area (Å²) in [6.45, 7) is 7.59. The largest absolute Gasteiger partial charge is 0.493 e. The van der Waals surface area contributed by atoms with Crippen molar-refractivity contribution < 1.29 is 14.2 Å². The highest BCUT2D eigenvalue weighted by Gasteiger charge is 2.16. The Morgan fingerprint density at radius 2 is 1.50 bits per heavy atom. The van der Waals surface area contributed by atoms with Gasteiger partial charge in [-0.15, -0.1) is 0 Å². The fourth-order valence-corrected chi connectivity index (χ4v) is 2.06. The summed E-state index contributed by atoms with van der Waals surface area (Å²) in [6, 6.07) is 4.23. The molecule has 4 nitrogen and oxygen atoms in total. The summed E-state index contributed by atoms with van der Waals surface area (Å²) in [6.07, 6.45) is 1.16. The van der Waals surface area contributed by atoms with Crippen LogP contribution >= 0.6 is 0 Å². The molecule has 0 aliphatic carbocycles. The van der Waals surface area contributed by atoms with Gasteiger partial charge in [0.25, 0.3) is 0 Å². The molecule has 0 aromatic heterocycles. The molecule has 0 amide bonds. The third-order valence-corrected chi connectivity index (χ3v) is 3.36. The zero-order chi connectivity index (χ0) is 15.1. The summed E-state index contributed by atoms with van der Waals surface area (Å²) in [4.78, 5) is 0. The number of rotatable bonds is 8. The fourth-order valence-electron chi connectivity index (χ4n) is 2.06. The monoisotopic (exact) mass is 281 g/mol. The zero-order valence-electron chi connectivity index (χ0n) is 13.4. The third-order valence-electron chi connectivity index (χ3n) is 3.36. The molecular weight excluding hydrogens is 254 g/mol. The highest BCUT2D eigenvalue weighted by atomic mass is 16.5. The molecular formula is C16H27NO3. The standard InChI is InChI=1S/C16H27NO3/c1-11(2)7-8-17-12(3)13-9-14(18-4)16(20-6)15(10-13)19-5/h9-12,17H,7-8H2,1-6H3. The van der Waals surface area contributed by atoms with Gasteiger partial charge in [0.2, 0.25) is 5.75 Å². The minimum Gasteiger partial charge on any atom is -0.493 e. The maximum atomic E-state index is 5.38. The molecule has 0 bridgehead atoms. The number of hydrogen-bond donors (Lipinski definition) is 1. The van der Waals surface area contributed by atoms with E-state index in [0.717, 1.165) is 18.5 Å². The van der Waals surface area contributed by atoms with Crippen LogP contribution in [-0.4, -0.2) is 27.9 Å². The van der Waals surface area contributed by atoms with Crippen LogP contribution in [0.5, 0.6) is 17.2 Å². The van der Waals surface area contributed by atoms with Gasteiger partial charge < -0.3 is 19.5 Å². The van der Waals surface area contributed by atoms with Crippen LogP contribution in [0, 0.1) is 5.92 Å². The lowest BCUT2D eigenvalue weighted by atomic mass is 10.1. The summed E-state index contributed by atoms with van der Waals surface area (Å²) in [5.41, 5.74) is 1.13. The molecule has 114 valence electrons. The van der Waals surface area contributed by atoms with E-state index in [1.807, 2.05) is 12.1 Å². The van der Waals surface area contributed by atoms with Crippen LogP contribution in [0.25, 0.3) is 0 Å². The van der Waals surface area contributed by atoms with E-state index < -0.39 is 0 Å². The van der Waals surface area contributed by atoms with E-state index in [9.17, 15) is 0 Å². The second kappa shape index (κ2) is 8.00. The summed E-state index contributed by atoms with van der Waals surface area (Å²) >= 11 is 0. The zero-order valence-corrected chi connectivity index (χ0v) is 13.4. The van der Waals surface area contributed by atoms with Crippen LogP contribution in [0.1, 0.15) is 38.8 Å². The second-order valence-electron chi connectivity index (χ2n) is 5.32. The lowest BCUT2D eigenvalue weighted by Gasteiger charge is -2.19. The van der Waals surface area contributed by atoms with Crippen molar-refractivity contribution in [3.8, 4) is 17.2 Å². The third kappa shape index (κ3) is 4.30. The normalized spacial score (nSPS) is 12.3. The molecule has 0 aliphatic heterocycles. The Morgan fingerprint density at radius 3 is 1.90 bits per heavy atom. The molecule has 1 aromatic carbocycles. The first kappa shape index (κ1) is 16.6. The summed E-state index contributed by atoms with van der Waals surface area (Å²) in [5, 5.41) is 3.52. The van der Waals surface area contributed by atoms with Crippen molar-refractivity contribution in [2.75, 3.05) is 27.9 Å². The smallest absolute Gasteiger partial charge is 0.203 e. The first-order valence-electron chi connectivity index (χ1n) is 7.06. The van der Waals surface area contributed by atoms with Gasteiger partial charge in [0.1, 0.15) is 0 Å². The maximum absolute atomic E-state index is 5.38. The molecule has 20 heavy (non-hydrogen) atoms. The van der Waals surface area contributed by atoms with Crippen molar-refractivity contribution in [2.24, 2.45) is 5.92 Å². The maximum Gasteiger partial charge on any atom is 0.203 e. The van der Waals surface area contributed by atoms with Gasteiger partial charge in [0.05, 0.1) is 21.3 Å². The van der Waals surface area contributed by atoms with Crippen molar-refractivity contribution >= 4 is 0 Å². The average Bonchev–Trinajstić information content (AvgIpc) is 2.44. The van der Waals surface area contributed by atoms with Gasteiger partial charge in [0.15, 0.2) is 11.5 Å². The first-order valence-corrected chi connectivity index (χ1v) is 7.06. The van der Waals surface area contributed by atoms with Gasteiger partial charge in [-0.2, -0.15) is 0 Å². The van der Waals surface area contributed by atoms with Gasteiger partial charge in [-0.05, 0) is 43.5 Å². The predicted molar refractivity (Wildman–Crippen MR) is 82.0 cm³/mol. The SMILES string of the molecule is COc1cc(C(C)NCCC(C)C)cc(OC)c1OC. The van der Waals surface area contributed by atoms with Crippen molar-refractivity contribution in [3.05, 3.63) is 17.7 Å². The number of methoxy groups -OCH3 is 3. The molecule has 1 N–H and O–H groups in total. The van der Waals surface area contributed by atoms with Gasteiger partial charge in [-0.3, -0.25) is 0 Å². The molecule has 4 heteroatoms. The van der Waals surface area contributed by atoms with Crippen LogP contribution < -0.4 is 19.5 Å². The van der Waals surface area contributed by atoms with Crippen LogP contribution in [0.15, 0.2) is 12.1 Å². The van der Waals surface area contributed by atoms with Gasteiger partial charge in [0, 0.05) is 6.04 Å². The summed E-state index contributed by atoms with van der Waals surface area (Å²) in [7, 11) is 4.89. The van der Waals surface area contributed by atoms with Crippen molar-refractivity contribution in [2.45, 2.75) is 33.2 Å². The lowest BCUT2D eigenvalue weighted by molar-refractivity contribution is 0.323. The first-order chi connectivity index (χ1) is 9.53. The number of ether oxygens (including phenoxy) is 3. The minimum atomic E-state index is 0.238. The Labute approximate surface area is 122 Å². The summed E-state index contributed by atoms with van der Waals surface area (Å²) in [5.74, 6) is 2.72. The van der Waals surface area contributed by atoms with E-state index in [0.29, 0.717) is 23.2 Å². The van der Waals surface area contributed by atoms with E-state index in [1.165, 1.54) is 0 Å². The van der Waals surface area contributed by atoms with Crippen molar-refractivity contribution in [3.63, 3.8) is 0 Å². The Bertz CT molecular complexity index is 393. The van der Waals surface area contributed by atoms with Gasteiger partial charge in [-0.25, -0.2) is 0 Å². The Kier molecular flexibility index (Phi) is 6.65. The quantitative estimate of drug-likeness (QED) is 0.792. The molecule has 0 spiro atoms. The van der Waals surface area contributed by atoms with Crippen LogP contribution in [0.3, 0.4) is 0 Å². The van der Waals surface area contributed by atoms with Crippen molar-refractivity contribution in [1.29, 1.82) is 0 Å². The molecule has 0 heterocycles. The highest BCUT2D eigenvalue weighted by molar-refractivity contribution is 5.54. The second-order valence-corrected chi connectivity index (χ2v) is 5.32. The molecule has 1 unspecified atom stereocenters. The summed E-state index contributed by atoms with van der Waals surface area (Å²) < 4.78 is 16.1. The molecule has 1 atom stereocenters. The Hall–Kier alpha value is -1.42. The molecule has 1 rings (SSSR count). The van der Waals surface area contributed by atoms with Crippen LogP contribution in [0.2, 0.25) is 0 Å². The fraction of sp³-hybridized carbons (Fsp3) is 0.625. The number of benzene rings is 1. The molecule has 0 fully saturated rings. The van der Waals surface area contributed by atoms with Crippen LogP contribution in [-0.2, 0) is 0 Å². The molecule has 0 aliphatic rings. The molecule has 0 saturated heterocycles. The van der Waals surface area contributed by atoms with E-state index in [1.54, 1.807) is 21.3 Å². The van der Waals surface area contributed by atoms with E-state index in [-0.39, 0.29) is 6.04 Å². The lowest BCUT2D eigenvalue weighted by Crippen LogP contribution is -2.21. The van der Waals surface area contributed by atoms with Crippen molar-refractivity contribution in [1.82, 2.24) is 5.32 Å². The molecule has 0 radical (unpaired) electrons. The average molecular weight is 281 g/mol. The number of nitrogens with one attached hydrogen (secondary N) is 1. The Balaban J connectivity index is 2.89. The van der Waals surface area contributed by atoms with Crippen LogP contribution in [0.4, 0.5) is 0 Å².